The van der Waals surface area contributed by atoms with Crippen molar-refractivity contribution in [2.24, 2.45) is 5.73 Å². The van der Waals surface area contributed by atoms with Crippen molar-refractivity contribution in [1.29, 1.82) is 0 Å². The molecule has 1 aromatic rings. The zero-order valence-electron chi connectivity index (χ0n) is 9.52. The predicted octanol–water partition coefficient (Wildman–Crippen LogP) is 1.12. The third kappa shape index (κ3) is 3.02. The van der Waals surface area contributed by atoms with Gasteiger partial charge in [0.1, 0.15) is 5.69 Å². The maximum absolute atomic E-state index is 13.2. The lowest BCUT2D eigenvalue weighted by Crippen LogP contribution is -2.38. The summed E-state index contributed by atoms with van der Waals surface area (Å²) in [7, 11) is 0. The second-order valence-electron chi connectivity index (χ2n) is 3.64. The Morgan fingerprint density at radius 1 is 1.00 bits per heavy atom. The van der Waals surface area contributed by atoms with Gasteiger partial charge in [0, 0.05) is 0 Å². The summed E-state index contributed by atoms with van der Waals surface area (Å²) in [6.45, 7) is 0. The molecule has 0 aliphatic rings. The minimum Gasteiger partial charge on any atom is -0.481 e. The van der Waals surface area contributed by atoms with Gasteiger partial charge in [0.05, 0.1) is 12.5 Å². The molecule has 0 fully saturated rings. The number of anilines is 1. The quantitative estimate of drug-likeness (QED) is 0.441. The fourth-order valence-corrected chi connectivity index (χ4v) is 1.21. The molecule has 0 saturated carbocycles. The van der Waals surface area contributed by atoms with Crippen LogP contribution in [0.25, 0.3) is 0 Å². The standard InChI is InChI=1S/C10H7F5N2O3/c11-4-5(12)7(14)9(8(15)6(4)13)17-10(20)2(16)1-3(18)19/h2H,1,16H2,(H,17,20)(H,18,19). The molecule has 110 valence electrons. The molecule has 10 heteroatoms. The fourth-order valence-electron chi connectivity index (χ4n) is 1.21. The van der Waals surface area contributed by atoms with Gasteiger partial charge < -0.3 is 16.2 Å². The van der Waals surface area contributed by atoms with E-state index < -0.39 is 59.1 Å². The molecule has 1 unspecified atom stereocenters. The van der Waals surface area contributed by atoms with Crippen LogP contribution in [0.2, 0.25) is 0 Å². The SMILES string of the molecule is NC(CC(=O)O)C(=O)Nc1c(F)c(F)c(F)c(F)c1F. The van der Waals surface area contributed by atoms with Gasteiger partial charge >= 0.3 is 5.97 Å². The molecule has 1 atom stereocenters. The van der Waals surface area contributed by atoms with Crippen LogP contribution in [0.4, 0.5) is 27.6 Å². The van der Waals surface area contributed by atoms with Crippen molar-refractivity contribution in [3.05, 3.63) is 29.1 Å². The van der Waals surface area contributed by atoms with Gasteiger partial charge in [0.25, 0.3) is 0 Å². The second kappa shape index (κ2) is 5.82. The Kier molecular flexibility index (Phi) is 4.61. The smallest absolute Gasteiger partial charge is 0.305 e. The van der Waals surface area contributed by atoms with E-state index in [4.69, 9.17) is 10.8 Å². The third-order valence-electron chi connectivity index (χ3n) is 2.19. The zero-order valence-corrected chi connectivity index (χ0v) is 9.52. The number of nitrogens with two attached hydrogens (primary N) is 1. The van der Waals surface area contributed by atoms with Gasteiger partial charge in [-0.05, 0) is 0 Å². The lowest BCUT2D eigenvalue weighted by atomic mass is 10.2. The molecule has 0 bridgehead atoms. The first-order chi connectivity index (χ1) is 9.16. The van der Waals surface area contributed by atoms with Crippen molar-refractivity contribution in [3.8, 4) is 0 Å². The van der Waals surface area contributed by atoms with Gasteiger partial charge in [-0.2, -0.15) is 0 Å². The molecule has 5 nitrogen and oxygen atoms in total. The maximum Gasteiger partial charge on any atom is 0.305 e. The van der Waals surface area contributed by atoms with Crippen LogP contribution in [-0.4, -0.2) is 23.0 Å². The minimum atomic E-state index is -2.38. The largest absolute Gasteiger partial charge is 0.481 e. The van der Waals surface area contributed by atoms with Crippen LogP contribution >= 0.6 is 0 Å². The van der Waals surface area contributed by atoms with Gasteiger partial charge in [-0.15, -0.1) is 0 Å². The Bertz CT molecular complexity index is 549. The number of aliphatic carboxylic acids is 1. The molecular formula is C10H7F5N2O3. The Morgan fingerprint density at radius 3 is 1.80 bits per heavy atom. The number of hydrogen-bond donors (Lipinski definition) is 3. The Morgan fingerprint density at radius 2 is 1.40 bits per heavy atom. The van der Waals surface area contributed by atoms with E-state index in [0.717, 1.165) is 0 Å². The zero-order chi connectivity index (χ0) is 15.6. The van der Waals surface area contributed by atoms with Crippen molar-refractivity contribution in [2.75, 3.05) is 5.32 Å². The van der Waals surface area contributed by atoms with E-state index in [1.54, 1.807) is 0 Å². The van der Waals surface area contributed by atoms with Crippen molar-refractivity contribution in [2.45, 2.75) is 12.5 Å². The van der Waals surface area contributed by atoms with E-state index in [1.165, 1.54) is 5.32 Å². The Hall–Kier alpha value is -2.23. The van der Waals surface area contributed by atoms with Crippen LogP contribution < -0.4 is 11.1 Å². The van der Waals surface area contributed by atoms with Crippen LogP contribution in [0.15, 0.2) is 0 Å². The average Bonchev–Trinajstić information content (AvgIpc) is 2.38. The summed E-state index contributed by atoms with van der Waals surface area (Å²) in [5.41, 5.74) is 3.48. The highest BCUT2D eigenvalue weighted by molar-refractivity contribution is 5.96. The number of halogens is 5. The molecule has 4 N–H and O–H groups in total. The summed E-state index contributed by atoms with van der Waals surface area (Å²) >= 11 is 0. The van der Waals surface area contributed by atoms with Gasteiger partial charge in [-0.1, -0.05) is 0 Å². The summed E-state index contributed by atoms with van der Waals surface area (Å²) in [5.74, 6) is -14.3. The number of amides is 1. The molecule has 20 heavy (non-hydrogen) atoms. The van der Waals surface area contributed by atoms with Crippen molar-refractivity contribution in [1.82, 2.24) is 0 Å². The second-order valence-corrected chi connectivity index (χ2v) is 3.64. The van der Waals surface area contributed by atoms with Crippen molar-refractivity contribution < 1.29 is 36.6 Å². The Balaban J connectivity index is 3.10. The number of carbonyl (C=O) groups is 2. The van der Waals surface area contributed by atoms with Crippen molar-refractivity contribution >= 4 is 17.6 Å². The summed E-state index contributed by atoms with van der Waals surface area (Å²) in [6.07, 6.45) is -0.888. The lowest BCUT2D eigenvalue weighted by Gasteiger charge is -2.12. The first-order valence-electron chi connectivity index (χ1n) is 4.96. The van der Waals surface area contributed by atoms with Crippen LogP contribution in [-0.2, 0) is 9.59 Å². The molecule has 0 spiro atoms. The molecule has 0 radical (unpaired) electrons. The summed E-state index contributed by atoms with van der Waals surface area (Å²) in [5, 5.41) is 9.72. The van der Waals surface area contributed by atoms with E-state index in [9.17, 15) is 31.5 Å². The molecule has 0 aliphatic carbocycles. The average molecular weight is 298 g/mol. The normalized spacial score (nSPS) is 12.1. The van der Waals surface area contributed by atoms with Crippen LogP contribution in [0.5, 0.6) is 0 Å². The van der Waals surface area contributed by atoms with Crippen molar-refractivity contribution in [3.63, 3.8) is 0 Å². The fraction of sp³-hybridized carbons (Fsp3) is 0.200. The summed E-state index contributed by atoms with van der Waals surface area (Å²) in [4.78, 5) is 21.6. The third-order valence-corrected chi connectivity index (χ3v) is 2.19. The topological polar surface area (TPSA) is 92.4 Å². The van der Waals surface area contributed by atoms with Gasteiger partial charge in [0.15, 0.2) is 23.3 Å². The van der Waals surface area contributed by atoms with Crippen LogP contribution in [0.1, 0.15) is 6.42 Å². The minimum absolute atomic E-state index is 0.888. The van der Waals surface area contributed by atoms with Crippen LogP contribution in [0, 0.1) is 29.1 Å². The monoisotopic (exact) mass is 298 g/mol. The van der Waals surface area contributed by atoms with E-state index in [-0.39, 0.29) is 0 Å². The molecule has 1 rings (SSSR count). The number of nitrogens with one attached hydrogen (secondary N) is 1. The molecule has 0 saturated heterocycles. The van der Waals surface area contributed by atoms with E-state index >= 15 is 0 Å². The number of carbonyl (C=O) groups excluding carboxylic acids is 1. The number of hydrogen-bond acceptors (Lipinski definition) is 3. The maximum atomic E-state index is 13.2. The molecule has 0 aliphatic heterocycles. The van der Waals surface area contributed by atoms with Crippen LogP contribution in [0.3, 0.4) is 0 Å². The molecule has 0 heterocycles. The predicted molar refractivity (Wildman–Crippen MR) is 55.1 cm³/mol. The molecular weight excluding hydrogens is 291 g/mol. The van der Waals surface area contributed by atoms with E-state index in [0.29, 0.717) is 0 Å². The summed E-state index contributed by atoms with van der Waals surface area (Å²) in [6, 6.07) is -1.72. The van der Waals surface area contributed by atoms with E-state index in [1.807, 2.05) is 0 Å². The van der Waals surface area contributed by atoms with Gasteiger partial charge in [-0.3, -0.25) is 9.59 Å². The summed E-state index contributed by atoms with van der Waals surface area (Å²) < 4.78 is 64.8. The first kappa shape index (κ1) is 15.8. The lowest BCUT2D eigenvalue weighted by molar-refractivity contribution is -0.138. The Labute approximate surface area is 108 Å². The highest BCUT2D eigenvalue weighted by Gasteiger charge is 2.28. The van der Waals surface area contributed by atoms with Gasteiger partial charge in [-0.25, -0.2) is 22.0 Å². The number of rotatable bonds is 4. The highest BCUT2D eigenvalue weighted by Crippen LogP contribution is 2.27. The molecule has 0 aromatic heterocycles. The molecule has 1 aromatic carbocycles. The van der Waals surface area contributed by atoms with E-state index in [2.05, 4.69) is 0 Å². The number of carboxylic acid groups (broad SMARTS) is 1. The van der Waals surface area contributed by atoms with Gasteiger partial charge in [0.2, 0.25) is 11.7 Å². The number of benzene rings is 1. The first-order valence-corrected chi connectivity index (χ1v) is 4.96. The molecule has 1 amide bonds. The highest BCUT2D eigenvalue weighted by atomic mass is 19.2. The number of carboxylic acids is 1.